The van der Waals surface area contributed by atoms with Gasteiger partial charge in [-0.1, -0.05) is 45.0 Å². The van der Waals surface area contributed by atoms with E-state index in [9.17, 15) is 0 Å². The minimum Gasteiger partial charge on any atom is -0.383 e. The average Bonchev–Trinajstić information content (AvgIpc) is 2.38. The maximum Gasteiger partial charge on any atom is 0.0587 e. The Balaban J connectivity index is 2.33. The molecule has 0 aliphatic rings. The predicted molar refractivity (Wildman–Crippen MR) is 86.2 cm³/mol. The molecule has 0 fully saturated rings. The first-order valence-electron chi connectivity index (χ1n) is 7.41. The number of hydrogen-bond donors (Lipinski definition) is 1. The van der Waals surface area contributed by atoms with Crippen molar-refractivity contribution in [2.24, 2.45) is 0 Å². The van der Waals surface area contributed by atoms with Gasteiger partial charge in [0.05, 0.1) is 6.61 Å². The quantitative estimate of drug-likeness (QED) is 0.740. The van der Waals surface area contributed by atoms with Crippen LogP contribution in [0.1, 0.15) is 31.9 Å². The van der Waals surface area contributed by atoms with Crippen LogP contribution in [-0.2, 0) is 16.7 Å². The standard InChI is InChI=1S/C17H30N2O/c1-17(2,3)16-8-6-15(7-9-16)14-19(4)12-10-18-11-13-20-5/h6-9,18H,10-14H2,1-5H3. The van der Waals surface area contributed by atoms with Crippen LogP contribution in [0.2, 0.25) is 0 Å². The van der Waals surface area contributed by atoms with Crippen LogP contribution in [-0.4, -0.2) is 45.3 Å². The third-order valence-corrected chi connectivity index (χ3v) is 3.43. The molecule has 0 aliphatic heterocycles. The maximum atomic E-state index is 5.01. The first-order chi connectivity index (χ1) is 9.43. The van der Waals surface area contributed by atoms with Gasteiger partial charge >= 0.3 is 0 Å². The second kappa shape index (κ2) is 8.40. The number of rotatable bonds is 8. The van der Waals surface area contributed by atoms with Gasteiger partial charge in [0.25, 0.3) is 0 Å². The molecule has 0 amide bonds. The predicted octanol–water partition coefficient (Wildman–Crippen LogP) is 2.65. The molecule has 0 bridgehead atoms. The van der Waals surface area contributed by atoms with Crippen molar-refractivity contribution in [3.8, 4) is 0 Å². The Labute approximate surface area is 124 Å². The molecule has 1 aromatic rings. The molecule has 1 aromatic carbocycles. The monoisotopic (exact) mass is 278 g/mol. The molecular weight excluding hydrogens is 248 g/mol. The summed E-state index contributed by atoms with van der Waals surface area (Å²) in [7, 11) is 3.89. The number of hydrogen-bond acceptors (Lipinski definition) is 3. The Morgan fingerprint density at radius 2 is 1.75 bits per heavy atom. The summed E-state index contributed by atoms with van der Waals surface area (Å²) in [5.41, 5.74) is 3.00. The Hall–Kier alpha value is -0.900. The molecule has 0 heterocycles. The van der Waals surface area contributed by atoms with Crippen molar-refractivity contribution in [2.75, 3.05) is 40.4 Å². The Bertz CT molecular complexity index is 368. The van der Waals surface area contributed by atoms with Crippen molar-refractivity contribution < 1.29 is 4.74 Å². The van der Waals surface area contributed by atoms with Crippen LogP contribution in [0.4, 0.5) is 0 Å². The lowest BCUT2D eigenvalue weighted by atomic mass is 9.87. The van der Waals surface area contributed by atoms with Crippen LogP contribution in [0, 0.1) is 0 Å². The zero-order chi connectivity index (χ0) is 15.0. The summed E-state index contributed by atoms with van der Waals surface area (Å²) < 4.78 is 5.01. The zero-order valence-electron chi connectivity index (χ0n) is 13.7. The van der Waals surface area contributed by atoms with E-state index in [-0.39, 0.29) is 5.41 Å². The van der Waals surface area contributed by atoms with Crippen molar-refractivity contribution in [1.82, 2.24) is 10.2 Å². The molecule has 3 heteroatoms. The van der Waals surface area contributed by atoms with Crippen molar-refractivity contribution >= 4 is 0 Å². The number of likely N-dealkylation sites (N-methyl/N-ethyl adjacent to an activating group) is 1. The van der Waals surface area contributed by atoms with E-state index in [0.29, 0.717) is 0 Å². The normalized spacial score (nSPS) is 12.1. The van der Waals surface area contributed by atoms with Crippen LogP contribution < -0.4 is 5.32 Å². The van der Waals surface area contributed by atoms with E-state index < -0.39 is 0 Å². The number of ether oxygens (including phenoxy) is 1. The molecule has 0 aliphatic carbocycles. The van der Waals surface area contributed by atoms with E-state index in [1.165, 1.54) is 11.1 Å². The van der Waals surface area contributed by atoms with Crippen molar-refractivity contribution in [3.63, 3.8) is 0 Å². The van der Waals surface area contributed by atoms with Gasteiger partial charge in [-0.15, -0.1) is 0 Å². The third-order valence-electron chi connectivity index (χ3n) is 3.43. The smallest absolute Gasteiger partial charge is 0.0587 e. The molecule has 3 nitrogen and oxygen atoms in total. The van der Waals surface area contributed by atoms with Crippen LogP contribution in [0.15, 0.2) is 24.3 Å². The molecule has 0 spiro atoms. The van der Waals surface area contributed by atoms with E-state index in [2.05, 4.69) is 62.3 Å². The number of nitrogens with one attached hydrogen (secondary N) is 1. The van der Waals surface area contributed by atoms with Gasteiger partial charge in [0.15, 0.2) is 0 Å². The maximum absolute atomic E-state index is 5.01. The first-order valence-corrected chi connectivity index (χ1v) is 7.41. The third kappa shape index (κ3) is 6.51. The van der Waals surface area contributed by atoms with E-state index >= 15 is 0 Å². The fourth-order valence-electron chi connectivity index (χ4n) is 2.07. The fourth-order valence-corrected chi connectivity index (χ4v) is 2.07. The number of methoxy groups -OCH3 is 1. The summed E-state index contributed by atoms with van der Waals surface area (Å²) in [6.45, 7) is 11.5. The highest BCUT2D eigenvalue weighted by atomic mass is 16.5. The van der Waals surface area contributed by atoms with Crippen LogP contribution in [0.5, 0.6) is 0 Å². The van der Waals surface area contributed by atoms with Gasteiger partial charge in [0.2, 0.25) is 0 Å². The second-order valence-corrected chi connectivity index (χ2v) is 6.43. The van der Waals surface area contributed by atoms with Crippen molar-refractivity contribution in [2.45, 2.75) is 32.7 Å². The highest BCUT2D eigenvalue weighted by molar-refractivity contribution is 5.27. The summed E-state index contributed by atoms with van der Waals surface area (Å²) in [6, 6.07) is 8.99. The molecule has 0 aromatic heterocycles. The van der Waals surface area contributed by atoms with Gasteiger partial charge < -0.3 is 15.0 Å². The molecule has 1 rings (SSSR count). The molecular formula is C17H30N2O. The summed E-state index contributed by atoms with van der Waals surface area (Å²) >= 11 is 0. The van der Waals surface area contributed by atoms with Gasteiger partial charge in [-0.05, 0) is 23.6 Å². The Kier molecular flexibility index (Phi) is 7.20. The van der Waals surface area contributed by atoms with Gasteiger partial charge in [0.1, 0.15) is 0 Å². The SMILES string of the molecule is COCCNCCN(C)Cc1ccc(C(C)(C)C)cc1. The molecule has 0 radical (unpaired) electrons. The van der Waals surface area contributed by atoms with Gasteiger partial charge in [-0.3, -0.25) is 0 Å². The number of nitrogens with zero attached hydrogens (tertiary/aromatic N) is 1. The van der Waals surface area contributed by atoms with Crippen LogP contribution >= 0.6 is 0 Å². The molecule has 0 unspecified atom stereocenters. The largest absolute Gasteiger partial charge is 0.383 e. The molecule has 20 heavy (non-hydrogen) atoms. The van der Waals surface area contributed by atoms with Crippen molar-refractivity contribution in [1.29, 1.82) is 0 Å². The molecule has 114 valence electrons. The lowest BCUT2D eigenvalue weighted by molar-refractivity contribution is 0.197. The summed E-state index contributed by atoms with van der Waals surface area (Å²) in [4.78, 5) is 2.34. The molecule has 0 saturated carbocycles. The fraction of sp³-hybridized carbons (Fsp3) is 0.647. The van der Waals surface area contributed by atoms with E-state index in [0.717, 1.165) is 32.8 Å². The summed E-state index contributed by atoms with van der Waals surface area (Å²) in [5, 5.41) is 3.37. The zero-order valence-corrected chi connectivity index (χ0v) is 13.7. The minimum absolute atomic E-state index is 0.232. The van der Waals surface area contributed by atoms with Gasteiger partial charge in [0, 0.05) is 33.3 Å². The van der Waals surface area contributed by atoms with Gasteiger partial charge in [-0.2, -0.15) is 0 Å². The molecule has 0 saturated heterocycles. The number of benzene rings is 1. The molecule has 1 N–H and O–H groups in total. The Morgan fingerprint density at radius 1 is 1.10 bits per heavy atom. The molecule has 0 atom stereocenters. The lowest BCUT2D eigenvalue weighted by Gasteiger charge is -2.21. The van der Waals surface area contributed by atoms with E-state index in [1.807, 2.05) is 0 Å². The highest BCUT2D eigenvalue weighted by Gasteiger charge is 2.12. The van der Waals surface area contributed by atoms with Crippen LogP contribution in [0.3, 0.4) is 0 Å². The second-order valence-electron chi connectivity index (χ2n) is 6.43. The van der Waals surface area contributed by atoms with E-state index in [1.54, 1.807) is 7.11 Å². The summed E-state index contributed by atoms with van der Waals surface area (Å²) in [6.07, 6.45) is 0. The van der Waals surface area contributed by atoms with Crippen molar-refractivity contribution in [3.05, 3.63) is 35.4 Å². The van der Waals surface area contributed by atoms with Crippen LogP contribution in [0.25, 0.3) is 0 Å². The highest BCUT2D eigenvalue weighted by Crippen LogP contribution is 2.22. The van der Waals surface area contributed by atoms with Gasteiger partial charge in [-0.25, -0.2) is 0 Å². The average molecular weight is 278 g/mol. The topological polar surface area (TPSA) is 24.5 Å². The summed E-state index contributed by atoms with van der Waals surface area (Å²) in [5.74, 6) is 0. The Morgan fingerprint density at radius 3 is 2.30 bits per heavy atom. The minimum atomic E-state index is 0.232. The first kappa shape index (κ1) is 17.2. The lowest BCUT2D eigenvalue weighted by Crippen LogP contribution is -2.30. The van der Waals surface area contributed by atoms with E-state index in [4.69, 9.17) is 4.74 Å².